The maximum atomic E-state index is 13.7. The average molecular weight is 604 g/mol. The number of carbonyl (C=O) groups is 2. The van der Waals surface area contributed by atoms with Crippen molar-refractivity contribution in [2.45, 2.75) is 64.6 Å². The van der Waals surface area contributed by atoms with Crippen LogP contribution in [0.25, 0.3) is 0 Å². The maximum Gasteiger partial charge on any atom is 0.333 e. The number of ether oxygens (including phenoxy) is 2. The third kappa shape index (κ3) is 4.78. The average Bonchev–Trinajstić information content (AvgIpc) is 3.16. The number of aliphatic hydroxyl groups is 1. The summed E-state index contributed by atoms with van der Waals surface area (Å²) in [7, 11) is 1.38. The van der Waals surface area contributed by atoms with Crippen molar-refractivity contribution in [3.05, 3.63) is 53.0 Å². The van der Waals surface area contributed by atoms with Crippen LogP contribution < -0.4 is 5.32 Å². The predicted molar refractivity (Wildman–Crippen MR) is 156 cm³/mol. The highest BCUT2D eigenvalue weighted by molar-refractivity contribution is 8.13. The van der Waals surface area contributed by atoms with Crippen molar-refractivity contribution in [3.63, 3.8) is 0 Å². The van der Waals surface area contributed by atoms with Crippen LogP contribution in [0.1, 0.15) is 52.9 Å². The molecular weight excluding hydrogens is 562 g/mol. The molecule has 10 heteroatoms. The molecular formula is C32H41F2N2O5S+. The lowest BCUT2D eigenvalue weighted by Gasteiger charge is -2.60. The number of methoxy groups -OCH3 is 1. The molecule has 0 bridgehead atoms. The molecule has 0 amide bonds. The van der Waals surface area contributed by atoms with Gasteiger partial charge in [-0.1, -0.05) is 26.3 Å². The number of aliphatic hydroxyl groups excluding tert-OH is 1. The van der Waals surface area contributed by atoms with Crippen LogP contribution in [0.15, 0.2) is 47.2 Å². The Morgan fingerprint density at radius 2 is 1.98 bits per heavy atom. The van der Waals surface area contributed by atoms with E-state index in [0.29, 0.717) is 24.6 Å². The first-order chi connectivity index (χ1) is 19.9. The molecule has 228 valence electrons. The molecule has 42 heavy (non-hydrogen) atoms. The molecule has 0 spiro atoms. The van der Waals surface area contributed by atoms with Gasteiger partial charge in [0, 0.05) is 42.4 Å². The fourth-order valence-corrected chi connectivity index (χ4v) is 10.0. The van der Waals surface area contributed by atoms with Gasteiger partial charge in [-0.05, 0) is 85.2 Å². The SMILES string of the molecule is COCC(=O)O[C@]1(C(=O)SCF)[C@H](C)CC2[C@@H]3CCC4=CC([NH2+]c5ccc(F)cc5)=C(C=N)C[C@]4(C)C3[C@@H](O)C[C@@]21C. The summed E-state index contributed by atoms with van der Waals surface area (Å²) in [6.07, 6.45) is 5.75. The fourth-order valence-electron chi connectivity index (χ4n) is 9.22. The molecule has 0 heterocycles. The summed E-state index contributed by atoms with van der Waals surface area (Å²) in [6.45, 7) is 5.68. The summed E-state index contributed by atoms with van der Waals surface area (Å²) in [5.41, 5.74) is 0.978. The normalized spacial score (nSPS) is 37.3. The van der Waals surface area contributed by atoms with E-state index in [1.54, 1.807) is 12.1 Å². The number of carbonyl (C=O) groups excluding carboxylic acids is 2. The van der Waals surface area contributed by atoms with Crippen LogP contribution in [-0.4, -0.2) is 53.8 Å². The maximum absolute atomic E-state index is 13.7. The number of nitrogens with two attached hydrogens (primary N) is 1. The minimum atomic E-state index is -1.57. The number of thioether (sulfide) groups is 1. The van der Waals surface area contributed by atoms with E-state index in [-0.39, 0.29) is 42.5 Å². The predicted octanol–water partition coefficient (Wildman–Crippen LogP) is 4.83. The lowest BCUT2D eigenvalue weighted by atomic mass is 9.45. The number of quaternary nitrogens is 1. The molecule has 7 nitrogen and oxygen atoms in total. The quantitative estimate of drug-likeness (QED) is 0.223. The fraction of sp³-hybridized carbons (Fsp3) is 0.594. The van der Waals surface area contributed by atoms with Gasteiger partial charge in [0.2, 0.25) is 5.12 Å². The lowest BCUT2D eigenvalue weighted by molar-refractivity contribution is -0.513. The largest absolute Gasteiger partial charge is 0.447 e. The summed E-state index contributed by atoms with van der Waals surface area (Å²) >= 11 is 0.529. The molecule has 2 unspecified atom stereocenters. The molecule has 4 N–H and O–H groups in total. The van der Waals surface area contributed by atoms with Crippen molar-refractivity contribution >= 4 is 34.7 Å². The van der Waals surface area contributed by atoms with E-state index in [1.165, 1.54) is 31.0 Å². The number of hydrogen-bond acceptors (Lipinski definition) is 7. The minimum Gasteiger partial charge on any atom is -0.447 e. The van der Waals surface area contributed by atoms with Crippen LogP contribution >= 0.6 is 11.8 Å². The Morgan fingerprint density at radius 1 is 1.26 bits per heavy atom. The molecule has 0 saturated heterocycles. The third-order valence-corrected chi connectivity index (χ3v) is 11.5. The Kier molecular flexibility index (Phi) is 8.57. The number of esters is 1. The van der Waals surface area contributed by atoms with Gasteiger partial charge in [0.05, 0.1) is 6.10 Å². The van der Waals surface area contributed by atoms with Crippen molar-refractivity contribution in [3.8, 4) is 0 Å². The number of halogens is 2. The monoisotopic (exact) mass is 603 g/mol. The zero-order valence-electron chi connectivity index (χ0n) is 24.6. The molecule has 0 aromatic heterocycles. The Bertz CT molecular complexity index is 1320. The molecule has 8 atom stereocenters. The van der Waals surface area contributed by atoms with E-state index in [0.717, 1.165) is 29.8 Å². The van der Waals surface area contributed by atoms with Crippen molar-refractivity contribution in [1.82, 2.24) is 0 Å². The number of allylic oxidation sites excluding steroid dienone is 3. The van der Waals surface area contributed by atoms with E-state index in [4.69, 9.17) is 14.9 Å². The first-order valence-electron chi connectivity index (χ1n) is 14.6. The summed E-state index contributed by atoms with van der Waals surface area (Å²) in [5, 5.41) is 21.7. The molecule has 1 aromatic carbocycles. The van der Waals surface area contributed by atoms with Crippen LogP contribution in [0.2, 0.25) is 0 Å². The first-order valence-corrected chi connectivity index (χ1v) is 15.6. The number of benzene rings is 1. The highest BCUT2D eigenvalue weighted by atomic mass is 32.2. The van der Waals surface area contributed by atoms with E-state index in [1.807, 2.05) is 19.2 Å². The molecule has 3 fully saturated rings. The smallest absolute Gasteiger partial charge is 0.333 e. The lowest BCUT2D eigenvalue weighted by Crippen LogP contribution is -2.76. The topological polar surface area (TPSA) is 113 Å². The third-order valence-electron chi connectivity index (χ3n) is 10.9. The van der Waals surface area contributed by atoms with Gasteiger partial charge in [-0.3, -0.25) is 10.1 Å². The zero-order chi connectivity index (χ0) is 30.4. The van der Waals surface area contributed by atoms with Crippen LogP contribution in [0.5, 0.6) is 0 Å². The van der Waals surface area contributed by atoms with Crippen molar-refractivity contribution in [2.75, 3.05) is 19.7 Å². The Balaban J connectivity index is 1.50. The van der Waals surface area contributed by atoms with Crippen molar-refractivity contribution in [1.29, 1.82) is 5.41 Å². The molecule has 4 aliphatic carbocycles. The molecule has 3 saturated carbocycles. The van der Waals surface area contributed by atoms with Crippen LogP contribution in [0, 0.1) is 45.7 Å². The van der Waals surface area contributed by atoms with Gasteiger partial charge in [0.15, 0.2) is 5.60 Å². The van der Waals surface area contributed by atoms with Gasteiger partial charge >= 0.3 is 5.97 Å². The Hall–Kier alpha value is -2.40. The van der Waals surface area contributed by atoms with Crippen molar-refractivity contribution in [2.24, 2.45) is 34.5 Å². The van der Waals surface area contributed by atoms with Gasteiger partial charge in [0.1, 0.15) is 29.8 Å². The number of nitrogens with one attached hydrogen (secondary N) is 1. The van der Waals surface area contributed by atoms with E-state index < -0.39 is 39.6 Å². The molecule has 0 radical (unpaired) electrons. The second-order valence-electron chi connectivity index (χ2n) is 12.9. The van der Waals surface area contributed by atoms with E-state index in [2.05, 4.69) is 13.0 Å². The summed E-state index contributed by atoms with van der Waals surface area (Å²) in [4.78, 5) is 26.5. The highest BCUT2D eigenvalue weighted by Crippen LogP contribution is 2.70. The Morgan fingerprint density at radius 3 is 2.62 bits per heavy atom. The van der Waals surface area contributed by atoms with E-state index in [9.17, 15) is 23.5 Å². The summed E-state index contributed by atoms with van der Waals surface area (Å²) in [6, 6.07) is 5.35. The second-order valence-corrected chi connectivity index (χ2v) is 13.8. The minimum absolute atomic E-state index is 0.0293. The van der Waals surface area contributed by atoms with Crippen LogP contribution in [0.3, 0.4) is 0 Å². The van der Waals surface area contributed by atoms with Gasteiger partial charge in [-0.25, -0.2) is 13.6 Å². The number of hydrogen-bond donors (Lipinski definition) is 3. The summed E-state index contributed by atoms with van der Waals surface area (Å²) < 4.78 is 38.0. The second kappa shape index (κ2) is 11.6. The number of rotatable bonds is 8. The molecule has 1 aromatic rings. The highest BCUT2D eigenvalue weighted by Gasteiger charge is 2.73. The van der Waals surface area contributed by atoms with Crippen molar-refractivity contribution < 1.29 is 38.3 Å². The van der Waals surface area contributed by atoms with Gasteiger partial charge in [0.25, 0.3) is 0 Å². The Labute approximate surface area is 250 Å². The number of alkyl halides is 1. The van der Waals surface area contributed by atoms with Crippen LogP contribution in [0.4, 0.5) is 14.5 Å². The van der Waals surface area contributed by atoms with Gasteiger partial charge in [-0.2, -0.15) is 0 Å². The first kappa shape index (κ1) is 31.0. The van der Waals surface area contributed by atoms with E-state index >= 15 is 0 Å². The zero-order valence-corrected chi connectivity index (χ0v) is 25.4. The molecule has 0 aliphatic heterocycles. The molecule has 5 rings (SSSR count). The summed E-state index contributed by atoms with van der Waals surface area (Å²) in [5.74, 6) is -1.45. The number of fused-ring (bicyclic) bond motifs is 5. The molecule has 4 aliphatic rings. The van der Waals surface area contributed by atoms with Crippen LogP contribution in [-0.2, 0) is 19.1 Å². The standard InChI is InChI=1S/C32H40F2N2O5S/c1-18-11-24-23-10-5-20-12-25(36-22-8-6-21(34)7-9-22)19(15-35)13-30(20,2)28(23)26(37)14-31(24,3)32(18,29(39)42-17-33)41-27(38)16-40-4/h6-9,12,15,18,23-24,26,28,35-37H,5,10-11,13-14,16-17H2,1-4H3/p+1/t18-,23+,24?,26+,28?,30+,31+,32+/m1/s1. The van der Waals surface area contributed by atoms with Gasteiger partial charge < -0.3 is 20.0 Å². The van der Waals surface area contributed by atoms with Gasteiger partial charge in [-0.15, -0.1) is 0 Å².